The zero-order valence-corrected chi connectivity index (χ0v) is 13.6. The maximum absolute atomic E-state index is 13.6. The molecule has 0 saturated heterocycles. The summed E-state index contributed by atoms with van der Waals surface area (Å²) in [6.45, 7) is 5.48. The van der Waals surface area contributed by atoms with Crippen molar-refractivity contribution < 1.29 is 4.39 Å². The number of hydrogen-bond donors (Lipinski definition) is 1. The fourth-order valence-corrected chi connectivity index (χ4v) is 2.73. The quantitative estimate of drug-likeness (QED) is 0.666. The monoisotopic (exact) mass is 329 g/mol. The van der Waals surface area contributed by atoms with Gasteiger partial charge in [-0.1, -0.05) is 36.2 Å². The van der Waals surface area contributed by atoms with Gasteiger partial charge in [0.2, 0.25) is 0 Å². The van der Waals surface area contributed by atoms with Crippen LogP contribution < -0.4 is 5.32 Å². The molecule has 0 aromatic heterocycles. The highest BCUT2D eigenvalue weighted by Gasteiger charge is 2.08. The molecule has 0 aliphatic rings. The Labute approximate surface area is 125 Å². The molecule has 0 heterocycles. The maximum atomic E-state index is 13.6. The summed E-state index contributed by atoms with van der Waals surface area (Å²) in [6.07, 6.45) is 6.56. The SMILES string of the molecule is CCCNC(CCC)CCCc1cc(Br)ccc1F. The van der Waals surface area contributed by atoms with Gasteiger partial charge in [-0.2, -0.15) is 0 Å². The van der Waals surface area contributed by atoms with Gasteiger partial charge in [0.25, 0.3) is 0 Å². The van der Waals surface area contributed by atoms with Crippen LogP contribution in [0.15, 0.2) is 22.7 Å². The van der Waals surface area contributed by atoms with Gasteiger partial charge >= 0.3 is 0 Å². The van der Waals surface area contributed by atoms with Crippen LogP contribution in [0.3, 0.4) is 0 Å². The normalized spacial score (nSPS) is 12.6. The Balaban J connectivity index is 2.40. The third-order valence-electron chi connectivity index (χ3n) is 3.33. The molecule has 0 aliphatic heterocycles. The number of hydrogen-bond acceptors (Lipinski definition) is 1. The largest absolute Gasteiger partial charge is 0.314 e. The molecule has 1 rings (SSSR count). The van der Waals surface area contributed by atoms with E-state index in [0.717, 1.165) is 35.8 Å². The molecule has 0 aliphatic carbocycles. The van der Waals surface area contributed by atoms with Gasteiger partial charge in [-0.15, -0.1) is 0 Å². The first-order valence-electron chi connectivity index (χ1n) is 7.34. The molecule has 1 aromatic rings. The van der Waals surface area contributed by atoms with E-state index in [2.05, 4.69) is 35.1 Å². The number of benzene rings is 1. The van der Waals surface area contributed by atoms with Crippen molar-refractivity contribution in [1.82, 2.24) is 5.32 Å². The van der Waals surface area contributed by atoms with E-state index in [1.807, 2.05) is 6.07 Å². The van der Waals surface area contributed by atoms with Crippen molar-refractivity contribution in [2.45, 2.75) is 58.4 Å². The minimum Gasteiger partial charge on any atom is -0.314 e. The zero-order chi connectivity index (χ0) is 14.1. The van der Waals surface area contributed by atoms with Crippen LogP contribution >= 0.6 is 15.9 Å². The number of halogens is 2. The molecule has 1 unspecified atom stereocenters. The minimum absolute atomic E-state index is 0.0863. The van der Waals surface area contributed by atoms with Crippen LogP contribution in [0.5, 0.6) is 0 Å². The molecule has 0 bridgehead atoms. The molecule has 1 aromatic carbocycles. The summed E-state index contributed by atoms with van der Waals surface area (Å²) in [5.74, 6) is -0.0863. The van der Waals surface area contributed by atoms with Gasteiger partial charge in [0.05, 0.1) is 0 Å². The van der Waals surface area contributed by atoms with E-state index in [9.17, 15) is 4.39 Å². The first-order chi connectivity index (χ1) is 9.17. The minimum atomic E-state index is -0.0863. The van der Waals surface area contributed by atoms with E-state index in [-0.39, 0.29) is 5.82 Å². The van der Waals surface area contributed by atoms with Gasteiger partial charge in [0.15, 0.2) is 0 Å². The maximum Gasteiger partial charge on any atom is 0.126 e. The number of rotatable bonds is 9. The Morgan fingerprint density at radius 2 is 2.00 bits per heavy atom. The third kappa shape index (κ3) is 6.53. The summed E-state index contributed by atoms with van der Waals surface area (Å²) >= 11 is 3.40. The van der Waals surface area contributed by atoms with E-state index >= 15 is 0 Å². The third-order valence-corrected chi connectivity index (χ3v) is 3.82. The molecule has 108 valence electrons. The molecule has 0 radical (unpaired) electrons. The molecule has 1 N–H and O–H groups in total. The molecule has 0 saturated carbocycles. The van der Waals surface area contributed by atoms with Crippen LogP contribution in [0.1, 0.15) is 51.5 Å². The summed E-state index contributed by atoms with van der Waals surface area (Å²) in [6, 6.07) is 5.77. The molecular weight excluding hydrogens is 305 g/mol. The van der Waals surface area contributed by atoms with E-state index in [0.29, 0.717) is 6.04 Å². The van der Waals surface area contributed by atoms with Gasteiger partial charge in [-0.05, 0) is 62.4 Å². The smallest absolute Gasteiger partial charge is 0.126 e. The molecule has 3 heteroatoms. The number of aryl methyl sites for hydroxylation is 1. The van der Waals surface area contributed by atoms with Crippen LogP contribution in [0.2, 0.25) is 0 Å². The van der Waals surface area contributed by atoms with Gasteiger partial charge in [0, 0.05) is 10.5 Å². The lowest BCUT2D eigenvalue weighted by molar-refractivity contribution is 0.436. The standard InChI is InChI=1S/C16H25BrFN/c1-3-6-15(19-11-4-2)8-5-7-13-12-14(17)9-10-16(13)18/h9-10,12,15,19H,3-8,11H2,1-2H3. The summed E-state index contributed by atoms with van der Waals surface area (Å²) < 4.78 is 14.6. The first-order valence-corrected chi connectivity index (χ1v) is 8.14. The summed E-state index contributed by atoms with van der Waals surface area (Å²) in [5.41, 5.74) is 0.820. The average Bonchev–Trinajstić information content (AvgIpc) is 2.40. The highest BCUT2D eigenvalue weighted by Crippen LogP contribution is 2.18. The van der Waals surface area contributed by atoms with E-state index < -0.39 is 0 Å². The Kier molecular flexibility index (Phi) is 8.31. The second kappa shape index (κ2) is 9.49. The van der Waals surface area contributed by atoms with Crippen molar-refractivity contribution in [3.8, 4) is 0 Å². The second-order valence-corrected chi connectivity index (χ2v) is 5.98. The molecule has 1 nitrogen and oxygen atoms in total. The Hall–Kier alpha value is -0.410. The van der Waals surface area contributed by atoms with Crippen molar-refractivity contribution >= 4 is 15.9 Å². The topological polar surface area (TPSA) is 12.0 Å². The highest BCUT2D eigenvalue weighted by atomic mass is 79.9. The van der Waals surface area contributed by atoms with Crippen LogP contribution in [-0.4, -0.2) is 12.6 Å². The molecule has 0 amide bonds. The zero-order valence-electron chi connectivity index (χ0n) is 12.0. The van der Waals surface area contributed by atoms with E-state index in [1.165, 1.54) is 25.3 Å². The van der Waals surface area contributed by atoms with Crippen molar-refractivity contribution in [2.75, 3.05) is 6.54 Å². The van der Waals surface area contributed by atoms with Crippen LogP contribution in [0.4, 0.5) is 4.39 Å². The van der Waals surface area contributed by atoms with Gasteiger partial charge in [0.1, 0.15) is 5.82 Å². The lowest BCUT2D eigenvalue weighted by Gasteiger charge is -2.17. The molecule has 0 spiro atoms. The second-order valence-electron chi connectivity index (χ2n) is 5.07. The summed E-state index contributed by atoms with van der Waals surface area (Å²) in [4.78, 5) is 0. The lowest BCUT2D eigenvalue weighted by atomic mass is 10.0. The Morgan fingerprint density at radius 1 is 1.21 bits per heavy atom. The van der Waals surface area contributed by atoms with Gasteiger partial charge < -0.3 is 5.32 Å². The van der Waals surface area contributed by atoms with E-state index in [4.69, 9.17) is 0 Å². The Bertz CT molecular complexity index is 368. The van der Waals surface area contributed by atoms with E-state index in [1.54, 1.807) is 6.07 Å². The van der Waals surface area contributed by atoms with Crippen molar-refractivity contribution in [3.05, 3.63) is 34.1 Å². The van der Waals surface area contributed by atoms with Gasteiger partial charge in [-0.25, -0.2) is 4.39 Å². The predicted octanol–water partition coefficient (Wildman–Crippen LogP) is 5.08. The van der Waals surface area contributed by atoms with Crippen LogP contribution in [-0.2, 0) is 6.42 Å². The fourth-order valence-electron chi connectivity index (χ4n) is 2.32. The number of nitrogens with one attached hydrogen (secondary N) is 1. The summed E-state index contributed by atoms with van der Waals surface area (Å²) in [7, 11) is 0. The highest BCUT2D eigenvalue weighted by molar-refractivity contribution is 9.10. The van der Waals surface area contributed by atoms with Gasteiger partial charge in [-0.3, -0.25) is 0 Å². The Morgan fingerprint density at radius 3 is 2.68 bits per heavy atom. The average molecular weight is 330 g/mol. The van der Waals surface area contributed by atoms with Crippen LogP contribution in [0, 0.1) is 5.82 Å². The lowest BCUT2D eigenvalue weighted by Crippen LogP contribution is -2.29. The predicted molar refractivity (Wildman–Crippen MR) is 84.0 cm³/mol. The summed E-state index contributed by atoms with van der Waals surface area (Å²) in [5, 5.41) is 3.58. The van der Waals surface area contributed by atoms with Crippen molar-refractivity contribution in [2.24, 2.45) is 0 Å². The van der Waals surface area contributed by atoms with Crippen molar-refractivity contribution in [1.29, 1.82) is 0 Å². The molecular formula is C16H25BrFN. The molecule has 19 heavy (non-hydrogen) atoms. The first kappa shape index (κ1) is 16.6. The molecule has 1 atom stereocenters. The fraction of sp³-hybridized carbons (Fsp3) is 0.625. The van der Waals surface area contributed by atoms with Crippen molar-refractivity contribution in [3.63, 3.8) is 0 Å². The molecule has 0 fully saturated rings. The van der Waals surface area contributed by atoms with Crippen LogP contribution in [0.25, 0.3) is 0 Å².